The summed E-state index contributed by atoms with van der Waals surface area (Å²) in [4.78, 5) is 10.6. The van der Waals surface area contributed by atoms with Gasteiger partial charge in [0.05, 0.1) is 12.7 Å². The van der Waals surface area contributed by atoms with E-state index in [2.05, 4.69) is 23.7 Å². The van der Waals surface area contributed by atoms with Gasteiger partial charge in [0.25, 0.3) is 0 Å². The Bertz CT molecular complexity index is 473. The summed E-state index contributed by atoms with van der Waals surface area (Å²) < 4.78 is 4.87. The van der Waals surface area contributed by atoms with Gasteiger partial charge in [0.15, 0.2) is 0 Å². The fourth-order valence-corrected chi connectivity index (χ4v) is 1.93. The quantitative estimate of drug-likeness (QED) is 0.346. The van der Waals surface area contributed by atoms with Crippen molar-refractivity contribution in [1.29, 1.82) is 0 Å². The minimum atomic E-state index is -0.615. The first-order valence-electron chi connectivity index (χ1n) is 8.73. The first kappa shape index (κ1) is 22.2. The highest BCUT2D eigenvalue weighted by molar-refractivity contribution is 5.65. The lowest BCUT2D eigenvalue weighted by Gasteiger charge is -2.05. The lowest BCUT2D eigenvalue weighted by molar-refractivity contribution is -0.141. The van der Waals surface area contributed by atoms with E-state index in [1.165, 1.54) is 6.92 Å². The Morgan fingerprint density at radius 2 is 1.75 bits per heavy atom. The third-order valence-electron chi connectivity index (χ3n) is 3.36. The lowest BCUT2D eigenvalue weighted by Crippen LogP contribution is -2.01. The summed E-state index contributed by atoms with van der Waals surface area (Å²) in [6.45, 7) is 3.79. The van der Waals surface area contributed by atoms with Gasteiger partial charge in [-0.2, -0.15) is 0 Å². The SMILES string of the molecule is CC[C@@H](O)C#CC#C/C=C/[C@@H](O)CCCCCCCCOC(C)=O. The van der Waals surface area contributed by atoms with E-state index in [1.54, 1.807) is 12.2 Å². The third-order valence-corrected chi connectivity index (χ3v) is 3.36. The van der Waals surface area contributed by atoms with Gasteiger partial charge in [-0.1, -0.05) is 50.9 Å². The van der Waals surface area contributed by atoms with E-state index >= 15 is 0 Å². The Morgan fingerprint density at radius 3 is 2.42 bits per heavy atom. The number of ether oxygens (including phenoxy) is 1. The van der Waals surface area contributed by atoms with Gasteiger partial charge in [-0.15, -0.1) is 0 Å². The molecule has 2 atom stereocenters. The van der Waals surface area contributed by atoms with Gasteiger partial charge in [-0.25, -0.2) is 0 Å². The number of esters is 1. The minimum absolute atomic E-state index is 0.215. The predicted octanol–water partition coefficient (Wildman–Crippen LogP) is 2.98. The maximum atomic E-state index is 10.6. The van der Waals surface area contributed by atoms with E-state index in [0.717, 1.165) is 44.9 Å². The molecule has 0 rings (SSSR count). The van der Waals surface area contributed by atoms with Gasteiger partial charge in [0.2, 0.25) is 0 Å². The number of carbonyl (C=O) groups is 1. The molecule has 2 N–H and O–H groups in total. The molecule has 0 aliphatic rings. The van der Waals surface area contributed by atoms with Crippen LogP contribution in [-0.2, 0) is 9.53 Å². The van der Waals surface area contributed by atoms with Crippen LogP contribution in [0.3, 0.4) is 0 Å². The van der Waals surface area contributed by atoms with Crippen molar-refractivity contribution in [3.63, 3.8) is 0 Å². The molecule has 0 amide bonds. The van der Waals surface area contributed by atoms with E-state index in [-0.39, 0.29) is 5.97 Å². The van der Waals surface area contributed by atoms with Crippen LogP contribution in [0.1, 0.15) is 65.2 Å². The highest BCUT2D eigenvalue weighted by Gasteiger charge is 1.99. The first-order valence-corrected chi connectivity index (χ1v) is 8.73. The largest absolute Gasteiger partial charge is 0.466 e. The maximum Gasteiger partial charge on any atom is 0.302 e. The summed E-state index contributed by atoms with van der Waals surface area (Å²) in [5.41, 5.74) is 0. The second-order valence-corrected chi connectivity index (χ2v) is 5.64. The topological polar surface area (TPSA) is 66.8 Å². The third kappa shape index (κ3) is 16.6. The van der Waals surface area contributed by atoms with Gasteiger partial charge < -0.3 is 14.9 Å². The van der Waals surface area contributed by atoms with E-state index in [1.807, 2.05) is 6.92 Å². The monoisotopic (exact) mass is 334 g/mol. The standard InChI is InChI=1S/C20H30O4/c1-3-19(22)14-10-7-8-12-16-20(23)15-11-6-4-5-9-13-17-24-18(2)21/h12,16,19-20,22-23H,3-6,9,11,13,15,17H2,1-2H3/b16-12+/t19-,20+/m1/s1. The van der Waals surface area contributed by atoms with Gasteiger partial charge in [0, 0.05) is 6.92 Å². The van der Waals surface area contributed by atoms with Crippen LogP contribution < -0.4 is 0 Å². The summed E-state index contributed by atoms with van der Waals surface area (Å²) in [7, 11) is 0. The highest BCUT2D eigenvalue weighted by Crippen LogP contribution is 2.09. The van der Waals surface area contributed by atoms with Crippen molar-refractivity contribution in [2.24, 2.45) is 0 Å². The van der Waals surface area contributed by atoms with Crippen molar-refractivity contribution in [2.45, 2.75) is 77.4 Å². The molecule has 0 unspecified atom stereocenters. The van der Waals surface area contributed by atoms with Crippen molar-refractivity contribution >= 4 is 5.97 Å². The Balaban J connectivity index is 3.57. The predicted molar refractivity (Wildman–Crippen MR) is 95.9 cm³/mol. The molecule has 0 bridgehead atoms. The number of hydrogen-bond donors (Lipinski definition) is 2. The second-order valence-electron chi connectivity index (χ2n) is 5.64. The molecule has 4 nitrogen and oxygen atoms in total. The van der Waals surface area contributed by atoms with Gasteiger partial charge >= 0.3 is 5.97 Å². The summed E-state index contributed by atoms with van der Waals surface area (Å²) in [6.07, 6.45) is 9.81. The molecule has 0 radical (unpaired) electrons. The van der Waals surface area contributed by atoms with Crippen LogP contribution >= 0.6 is 0 Å². The molecular formula is C20H30O4. The molecule has 4 heteroatoms. The van der Waals surface area contributed by atoms with Crippen LogP contribution in [0.15, 0.2) is 12.2 Å². The molecule has 0 aromatic carbocycles. The normalized spacial score (nSPS) is 12.7. The van der Waals surface area contributed by atoms with E-state index in [4.69, 9.17) is 4.74 Å². The molecule has 0 fully saturated rings. The Kier molecular flexibility index (Phi) is 14.9. The van der Waals surface area contributed by atoms with Crippen LogP contribution in [-0.4, -0.2) is 35.0 Å². The summed E-state index contributed by atoms with van der Waals surface area (Å²) >= 11 is 0. The Labute approximate surface area is 146 Å². The molecule has 134 valence electrons. The van der Waals surface area contributed by atoms with Gasteiger partial charge in [-0.3, -0.25) is 4.79 Å². The highest BCUT2D eigenvalue weighted by atomic mass is 16.5. The molecule has 24 heavy (non-hydrogen) atoms. The minimum Gasteiger partial charge on any atom is -0.466 e. The summed E-state index contributed by atoms with van der Waals surface area (Å²) in [6, 6.07) is 0. The first-order chi connectivity index (χ1) is 11.6. The molecular weight excluding hydrogens is 304 g/mol. The lowest BCUT2D eigenvalue weighted by atomic mass is 10.1. The number of rotatable bonds is 11. The summed E-state index contributed by atoms with van der Waals surface area (Å²) in [5, 5.41) is 19.0. The van der Waals surface area contributed by atoms with Gasteiger partial charge in [0.1, 0.15) is 6.10 Å². The maximum absolute atomic E-state index is 10.6. The number of aliphatic hydroxyl groups excluding tert-OH is 2. The molecule has 0 aliphatic carbocycles. The zero-order valence-electron chi connectivity index (χ0n) is 14.9. The van der Waals surface area contributed by atoms with Crippen molar-refractivity contribution in [1.82, 2.24) is 0 Å². The van der Waals surface area contributed by atoms with Gasteiger partial charge in [-0.05, 0) is 43.3 Å². The Hall–Kier alpha value is -1.75. The molecule has 0 aliphatic heterocycles. The Morgan fingerprint density at radius 1 is 1.08 bits per heavy atom. The second kappa shape index (κ2) is 16.1. The molecule has 0 saturated heterocycles. The molecule has 0 spiro atoms. The van der Waals surface area contributed by atoms with E-state index < -0.39 is 12.2 Å². The molecule has 0 heterocycles. The number of allylic oxidation sites excluding steroid dienone is 1. The van der Waals surface area contributed by atoms with Crippen LogP contribution in [0, 0.1) is 23.7 Å². The number of carbonyl (C=O) groups excluding carboxylic acids is 1. The fraction of sp³-hybridized carbons (Fsp3) is 0.650. The van der Waals surface area contributed by atoms with E-state index in [9.17, 15) is 15.0 Å². The zero-order chi connectivity index (χ0) is 18.0. The van der Waals surface area contributed by atoms with E-state index in [0.29, 0.717) is 13.0 Å². The fourth-order valence-electron chi connectivity index (χ4n) is 1.93. The van der Waals surface area contributed by atoms with Crippen LogP contribution in [0.4, 0.5) is 0 Å². The van der Waals surface area contributed by atoms with Crippen LogP contribution in [0.25, 0.3) is 0 Å². The van der Waals surface area contributed by atoms with Crippen molar-refractivity contribution in [3.8, 4) is 23.7 Å². The average Bonchev–Trinajstić information content (AvgIpc) is 2.55. The molecule has 0 aromatic rings. The molecule has 0 saturated carbocycles. The molecule has 0 aromatic heterocycles. The van der Waals surface area contributed by atoms with Crippen LogP contribution in [0.5, 0.6) is 0 Å². The smallest absolute Gasteiger partial charge is 0.302 e. The number of unbranched alkanes of at least 4 members (excludes halogenated alkanes) is 5. The summed E-state index contributed by atoms with van der Waals surface area (Å²) in [5.74, 6) is 10.3. The average molecular weight is 334 g/mol. The van der Waals surface area contributed by atoms with Crippen LogP contribution in [0.2, 0.25) is 0 Å². The van der Waals surface area contributed by atoms with Crippen molar-refractivity contribution in [2.75, 3.05) is 6.61 Å². The van der Waals surface area contributed by atoms with Crippen molar-refractivity contribution in [3.05, 3.63) is 12.2 Å². The van der Waals surface area contributed by atoms with Crippen molar-refractivity contribution < 1.29 is 19.7 Å². The number of aliphatic hydroxyl groups is 2. The number of hydrogen-bond acceptors (Lipinski definition) is 4. The zero-order valence-corrected chi connectivity index (χ0v) is 14.9.